The van der Waals surface area contributed by atoms with Crippen LogP contribution in [0.15, 0.2) is 33.8 Å². The van der Waals surface area contributed by atoms with Crippen LogP contribution >= 0.6 is 15.9 Å². The van der Waals surface area contributed by atoms with Gasteiger partial charge in [-0.25, -0.2) is 5.43 Å². The number of nitro groups is 1. The molecule has 0 aliphatic heterocycles. The SMILES string of the molecule is CC(=NNC(=O)C[N+](=O)[O-])c1ccc(Br)cc1. The van der Waals surface area contributed by atoms with Gasteiger partial charge in [0.25, 0.3) is 6.54 Å². The van der Waals surface area contributed by atoms with Gasteiger partial charge in [0, 0.05) is 9.40 Å². The summed E-state index contributed by atoms with van der Waals surface area (Å²) in [5.74, 6) is -0.744. The van der Waals surface area contributed by atoms with Crippen LogP contribution in [0.3, 0.4) is 0 Å². The topological polar surface area (TPSA) is 84.6 Å². The molecule has 0 fully saturated rings. The highest BCUT2D eigenvalue weighted by atomic mass is 79.9. The Hall–Kier alpha value is -1.76. The van der Waals surface area contributed by atoms with Crippen LogP contribution in [0.4, 0.5) is 0 Å². The second-order valence-electron chi connectivity index (χ2n) is 3.23. The lowest BCUT2D eigenvalue weighted by atomic mass is 10.1. The number of carbonyl (C=O) groups excluding carboxylic acids is 1. The minimum absolute atomic E-state index is 0.578. The van der Waals surface area contributed by atoms with Crippen LogP contribution in [0.25, 0.3) is 0 Å². The van der Waals surface area contributed by atoms with E-state index < -0.39 is 17.4 Å². The third-order valence-corrected chi connectivity index (χ3v) is 2.41. The summed E-state index contributed by atoms with van der Waals surface area (Å²) in [5.41, 5.74) is 3.53. The van der Waals surface area contributed by atoms with E-state index in [-0.39, 0.29) is 0 Å². The molecule has 17 heavy (non-hydrogen) atoms. The highest BCUT2D eigenvalue weighted by Crippen LogP contribution is 2.10. The lowest BCUT2D eigenvalue weighted by molar-refractivity contribution is -0.467. The molecule has 0 aromatic heterocycles. The number of hydrazone groups is 1. The van der Waals surface area contributed by atoms with Crippen molar-refractivity contribution in [3.8, 4) is 0 Å². The second-order valence-corrected chi connectivity index (χ2v) is 4.15. The molecule has 1 N–H and O–H groups in total. The molecule has 0 spiro atoms. The first-order valence-corrected chi connectivity index (χ1v) is 5.49. The van der Waals surface area contributed by atoms with Crippen LogP contribution in [0.5, 0.6) is 0 Å². The minimum atomic E-state index is -0.781. The fraction of sp³-hybridized carbons (Fsp3) is 0.200. The third-order valence-electron chi connectivity index (χ3n) is 1.88. The van der Waals surface area contributed by atoms with E-state index in [0.717, 1.165) is 10.0 Å². The van der Waals surface area contributed by atoms with Crippen LogP contribution in [-0.2, 0) is 4.79 Å². The molecule has 0 heterocycles. The highest BCUT2D eigenvalue weighted by Gasteiger charge is 2.07. The standard InChI is InChI=1S/C10H10BrN3O3/c1-7(8-2-4-9(11)5-3-8)12-13-10(15)6-14(16)17/h2-5H,6H2,1H3,(H,13,15). The predicted molar refractivity (Wildman–Crippen MR) is 66.4 cm³/mol. The molecule has 6 nitrogen and oxygen atoms in total. The van der Waals surface area contributed by atoms with E-state index in [9.17, 15) is 14.9 Å². The molecule has 90 valence electrons. The minimum Gasteiger partial charge on any atom is -0.265 e. The van der Waals surface area contributed by atoms with E-state index in [1.165, 1.54) is 0 Å². The van der Waals surface area contributed by atoms with Gasteiger partial charge in [-0.15, -0.1) is 0 Å². The average molecular weight is 300 g/mol. The van der Waals surface area contributed by atoms with Crippen molar-refractivity contribution in [2.45, 2.75) is 6.92 Å². The van der Waals surface area contributed by atoms with Crippen LogP contribution < -0.4 is 5.43 Å². The van der Waals surface area contributed by atoms with Crippen molar-refractivity contribution in [2.24, 2.45) is 5.10 Å². The molecule has 0 unspecified atom stereocenters. The summed E-state index contributed by atoms with van der Waals surface area (Å²) in [7, 11) is 0. The molecule has 0 saturated carbocycles. The fourth-order valence-corrected chi connectivity index (χ4v) is 1.32. The number of nitrogens with one attached hydrogen (secondary N) is 1. The maximum atomic E-state index is 11.0. The number of nitrogens with zero attached hydrogens (tertiary/aromatic N) is 2. The maximum Gasteiger partial charge on any atom is 0.311 e. The highest BCUT2D eigenvalue weighted by molar-refractivity contribution is 9.10. The lowest BCUT2D eigenvalue weighted by Gasteiger charge is -2.01. The first-order chi connectivity index (χ1) is 7.99. The first-order valence-electron chi connectivity index (χ1n) is 4.70. The van der Waals surface area contributed by atoms with Crippen molar-refractivity contribution < 1.29 is 9.72 Å². The fourth-order valence-electron chi connectivity index (χ4n) is 1.05. The van der Waals surface area contributed by atoms with Gasteiger partial charge in [-0.05, 0) is 24.6 Å². The molecule has 0 atom stereocenters. The molecular weight excluding hydrogens is 290 g/mol. The summed E-state index contributed by atoms with van der Waals surface area (Å²) >= 11 is 3.30. The van der Waals surface area contributed by atoms with Crippen LogP contribution in [0.2, 0.25) is 0 Å². The molecule has 0 aliphatic carbocycles. The average Bonchev–Trinajstić information content (AvgIpc) is 2.26. The zero-order chi connectivity index (χ0) is 12.8. The number of hydrogen-bond acceptors (Lipinski definition) is 4. The van der Waals surface area contributed by atoms with E-state index in [1.807, 2.05) is 24.3 Å². The van der Waals surface area contributed by atoms with E-state index >= 15 is 0 Å². The van der Waals surface area contributed by atoms with Gasteiger partial charge in [-0.3, -0.25) is 14.9 Å². The summed E-state index contributed by atoms with van der Waals surface area (Å²) < 4.78 is 0.937. The zero-order valence-corrected chi connectivity index (χ0v) is 10.6. The van der Waals surface area contributed by atoms with E-state index in [0.29, 0.717) is 5.71 Å². The van der Waals surface area contributed by atoms with Gasteiger partial charge in [-0.1, -0.05) is 28.1 Å². The number of amides is 1. The van der Waals surface area contributed by atoms with E-state index in [4.69, 9.17) is 0 Å². The molecular formula is C10H10BrN3O3. The summed E-state index contributed by atoms with van der Waals surface area (Å²) in [6, 6.07) is 7.32. The van der Waals surface area contributed by atoms with Crippen LogP contribution in [0.1, 0.15) is 12.5 Å². The summed E-state index contributed by atoms with van der Waals surface area (Å²) in [6.45, 7) is 0.923. The third kappa shape index (κ3) is 4.73. The van der Waals surface area contributed by atoms with Gasteiger partial charge in [0.2, 0.25) is 0 Å². The molecule has 0 bridgehead atoms. The molecule has 1 amide bonds. The lowest BCUT2D eigenvalue weighted by Crippen LogP contribution is -2.26. The Morgan fingerprint density at radius 3 is 2.59 bits per heavy atom. The number of hydrogen-bond donors (Lipinski definition) is 1. The number of benzene rings is 1. The van der Waals surface area contributed by atoms with Gasteiger partial charge in [0.15, 0.2) is 0 Å². The van der Waals surface area contributed by atoms with Crippen molar-refractivity contribution in [1.82, 2.24) is 5.43 Å². The molecule has 0 aliphatic rings. The molecule has 1 aromatic rings. The maximum absolute atomic E-state index is 11.0. The van der Waals surface area contributed by atoms with Gasteiger partial charge in [0.05, 0.1) is 5.71 Å². The second kappa shape index (κ2) is 6.09. The van der Waals surface area contributed by atoms with E-state index in [2.05, 4.69) is 26.5 Å². The Bertz CT molecular complexity index is 456. The quantitative estimate of drug-likeness (QED) is 0.520. The molecule has 1 rings (SSSR count). The van der Waals surface area contributed by atoms with Gasteiger partial charge in [-0.2, -0.15) is 5.10 Å². The zero-order valence-electron chi connectivity index (χ0n) is 9.01. The Morgan fingerprint density at radius 2 is 2.06 bits per heavy atom. The number of carbonyl (C=O) groups is 1. The predicted octanol–water partition coefficient (Wildman–Crippen LogP) is 1.57. The van der Waals surface area contributed by atoms with Gasteiger partial charge >= 0.3 is 5.91 Å². The Kier molecular flexibility index (Phi) is 4.77. The summed E-state index contributed by atoms with van der Waals surface area (Å²) in [4.78, 5) is 20.3. The largest absolute Gasteiger partial charge is 0.311 e. The van der Waals surface area contributed by atoms with E-state index in [1.54, 1.807) is 6.92 Å². The monoisotopic (exact) mass is 299 g/mol. The van der Waals surface area contributed by atoms with Crippen LogP contribution in [-0.4, -0.2) is 23.1 Å². The number of halogens is 1. The van der Waals surface area contributed by atoms with Gasteiger partial charge < -0.3 is 0 Å². The van der Waals surface area contributed by atoms with Crippen molar-refractivity contribution in [2.75, 3.05) is 6.54 Å². The summed E-state index contributed by atoms with van der Waals surface area (Å²) in [5, 5.41) is 13.8. The Balaban J connectivity index is 2.63. The van der Waals surface area contributed by atoms with Crippen molar-refractivity contribution >= 4 is 27.5 Å². The van der Waals surface area contributed by atoms with Crippen LogP contribution in [0, 0.1) is 10.1 Å². The first kappa shape index (κ1) is 13.3. The Labute approximate surface area is 106 Å². The molecule has 7 heteroatoms. The number of rotatable bonds is 4. The molecule has 0 saturated heterocycles. The smallest absolute Gasteiger partial charge is 0.265 e. The molecule has 1 aromatic carbocycles. The van der Waals surface area contributed by atoms with Crippen molar-refractivity contribution in [3.05, 3.63) is 44.4 Å². The van der Waals surface area contributed by atoms with Crippen molar-refractivity contribution in [1.29, 1.82) is 0 Å². The Morgan fingerprint density at radius 1 is 1.47 bits per heavy atom. The normalized spacial score (nSPS) is 11.1. The molecule has 0 radical (unpaired) electrons. The van der Waals surface area contributed by atoms with Crippen molar-refractivity contribution in [3.63, 3.8) is 0 Å². The summed E-state index contributed by atoms with van der Waals surface area (Å²) in [6.07, 6.45) is 0. The van der Waals surface area contributed by atoms with Gasteiger partial charge in [0.1, 0.15) is 0 Å².